The third-order valence-corrected chi connectivity index (χ3v) is 3.07. The van der Waals surface area contributed by atoms with Crippen LogP contribution in [0.25, 0.3) is 11.4 Å². The van der Waals surface area contributed by atoms with Crippen LogP contribution in [-0.4, -0.2) is 21.0 Å². The highest BCUT2D eigenvalue weighted by molar-refractivity contribution is 9.10. The molecule has 2 rings (SSSR count). The van der Waals surface area contributed by atoms with Gasteiger partial charge in [0, 0.05) is 28.2 Å². The molecule has 0 spiro atoms. The standard InChI is InChI=1S/C13H11BrN2O3/c14-10-3-1-2-8(6-10)12-15-7-9(13(19)16-12)4-5-11(17)18/h1-3,6-7H,4-5H2,(H,17,18)(H,15,16,19). The van der Waals surface area contributed by atoms with Crippen molar-refractivity contribution in [2.75, 3.05) is 0 Å². The summed E-state index contributed by atoms with van der Waals surface area (Å²) < 4.78 is 0.891. The smallest absolute Gasteiger partial charge is 0.303 e. The van der Waals surface area contributed by atoms with Crippen LogP contribution in [-0.2, 0) is 11.2 Å². The zero-order valence-electron chi connectivity index (χ0n) is 9.89. The van der Waals surface area contributed by atoms with Crippen LogP contribution in [0.4, 0.5) is 0 Å². The number of hydrogen-bond acceptors (Lipinski definition) is 3. The van der Waals surface area contributed by atoms with Gasteiger partial charge in [0.25, 0.3) is 5.56 Å². The van der Waals surface area contributed by atoms with Gasteiger partial charge in [0.1, 0.15) is 5.82 Å². The van der Waals surface area contributed by atoms with Crippen LogP contribution in [0.3, 0.4) is 0 Å². The number of carboxylic acid groups (broad SMARTS) is 1. The average Bonchev–Trinajstić information content (AvgIpc) is 2.37. The molecule has 0 aliphatic carbocycles. The molecule has 1 heterocycles. The number of carboxylic acids is 1. The molecule has 0 aliphatic heterocycles. The Hall–Kier alpha value is -1.95. The molecule has 0 unspecified atom stereocenters. The Morgan fingerprint density at radius 3 is 2.84 bits per heavy atom. The van der Waals surface area contributed by atoms with Gasteiger partial charge < -0.3 is 10.1 Å². The zero-order valence-corrected chi connectivity index (χ0v) is 11.5. The zero-order chi connectivity index (χ0) is 13.8. The highest BCUT2D eigenvalue weighted by atomic mass is 79.9. The summed E-state index contributed by atoms with van der Waals surface area (Å²) in [6, 6.07) is 7.40. The molecular formula is C13H11BrN2O3. The maximum Gasteiger partial charge on any atom is 0.303 e. The van der Waals surface area contributed by atoms with Gasteiger partial charge in [-0.3, -0.25) is 9.59 Å². The minimum atomic E-state index is -0.935. The van der Waals surface area contributed by atoms with E-state index in [0.29, 0.717) is 11.4 Å². The fourth-order valence-corrected chi connectivity index (χ4v) is 2.02. The van der Waals surface area contributed by atoms with E-state index in [1.807, 2.05) is 24.3 Å². The molecule has 0 fully saturated rings. The number of hydrogen-bond donors (Lipinski definition) is 2. The lowest BCUT2D eigenvalue weighted by Gasteiger charge is -2.03. The van der Waals surface area contributed by atoms with Gasteiger partial charge in [0.15, 0.2) is 0 Å². The molecule has 2 N–H and O–H groups in total. The lowest BCUT2D eigenvalue weighted by Crippen LogP contribution is -2.15. The minimum Gasteiger partial charge on any atom is -0.481 e. The van der Waals surface area contributed by atoms with E-state index in [-0.39, 0.29) is 18.4 Å². The fraction of sp³-hybridized carbons (Fsp3) is 0.154. The number of nitrogens with one attached hydrogen (secondary N) is 1. The first kappa shape index (κ1) is 13.5. The molecule has 0 atom stereocenters. The van der Waals surface area contributed by atoms with Crippen LogP contribution in [0.15, 0.2) is 39.7 Å². The number of rotatable bonds is 4. The number of aryl methyl sites for hydroxylation is 1. The van der Waals surface area contributed by atoms with Crippen molar-refractivity contribution in [3.05, 3.63) is 50.9 Å². The number of H-pyrrole nitrogens is 1. The maximum absolute atomic E-state index is 11.8. The summed E-state index contributed by atoms with van der Waals surface area (Å²) in [5.74, 6) is -0.471. The first-order valence-electron chi connectivity index (χ1n) is 5.62. The van der Waals surface area contributed by atoms with Crippen LogP contribution in [0.1, 0.15) is 12.0 Å². The predicted octanol–water partition coefficient (Wildman–Crippen LogP) is 2.22. The highest BCUT2D eigenvalue weighted by Crippen LogP contribution is 2.18. The number of halogens is 1. The first-order chi connectivity index (χ1) is 9.06. The second kappa shape index (κ2) is 5.79. The summed E-state index contributed by atoms with van der Waals surface area (Å²) in [5, 5.41) is 8.59. The number of carbonyl (C=O) groups is 1. The largest absolute Gasteiger partial charge is 0.481 e. The van der Waals surface area contributed by atoms with Crippen molar-refractivity contribution < 1.29 is 9.90 Å². The Morgan fingerprint density at radius 1 is 1.42 bits per heavy atom. The summed E-state index contributed by atoms with van der Waals surface area (Å²) in [6.07, 6.45) is 1.52. The molecule has 1 aromatic heterocycles. The number of aromatic nitrogens is 2. The van der Waals surface area contributed by atoms with Crippen LogP contribution in [0.2, 0.25) is 0 Å². The molecular weight excluding hydrogens is 312 g/mol. The van der Waals surface area contributed by atoms with Gasteiger partial charge in [-0.1, -0.05) is 28.1 Å². The number of benzene rings is 1. The fourth-order valence-electron chi connectivity index (χ4n) is 1.62. The molecule has 0 radical (unpaired) electrons. The Labute approximate surface area is 117 Å². The van der Waals surface area contributed by atoms with E-state index >= 15 is 0 Å². The third kappa shape index (κ3) is 3.51. The van der Waals surface area contributed by atoms with E-state index in [1.54, 1.807) is 0 Å². The topological polar surface area (TPSA) is 83.0 Å². The monoisotopic (exact) mass is 322 g/mol. The van der Waals surface area contributed by atoms with Crippen molar-refractivity contribution in [1.82, 2.24) is 9.97 Å². The Bertz CT molecular complexity index is 667. The molecule has 0 amide bonds. The van der Waals surface area contributed by atoms with Crippen molar-refractivity contribution in [2.45, 2.75) is 12.8 Å². The van der Waals surface area contributed by atoms with Crippen LogP contribution < -0.4 is 5.56 Å². The summed E-state index contributed by atoms with van der Waals surface area (Å²) in [5.41, 5.74) is 0.864. The van der Waals surface area contributed by atoms with Crippen molar-refractivity contribution in [1.29, 1.82) is 0 Å². The molecule has 2 aromatic rings. The maximum atomic E-state index is 11.8. The quantitative estimate of drug-likeness (QED) is 0.904. The molecule has 5 nitrogen and oxygen atoms in total. The first-order valence-corrected chi connectivity index (χ1v) is 6.41. The van der Waals surface area contributed by atoms with E-state index < -0.39 is 5.97 Å². The van der Waals surface area contributed by atoms with E-state index in [9.17, 15) is 9.59 Å². The van der Waals surface area contributed by atoms with Crippen LogP contribution >= 0.6 is 15.9 Å². The average molecular weight is 323 g/mol. The molecule has 0 saturated carbocycles. The predicted molar refractivity (Wildman–Crippen MR) is 74.0 cm³/mol. The van der Waals surface area contributed by atoms with Crippen molar-refractivity contribution in [3.8, 4) is 11.4 Å². The van der Waals surface area contributed by atoms with Gasteiger partial charge in [-0.2, -0.15) is 0 Å². The molecule has 0 aliphatic rings. The van der Waals surface area contributed by atoms with Gasteiger partial charge in [-0.15, -0.1) is 0 Å². The van der Waals surface area contributed by atoms with E-state index in [4.69, 9.17) is 5.11 Å². The summed E-state index contributed by atoms with van der Waals surface area (Å²) in [7, 11) is 0. The number of aliphatic carboxylic acids is 1. The summed E-state index contributed by atoms with van der Waals surface area (Å²) in [4.78, 5) is 29.1. The van der Waals surface area contributed by atoms with Gasteiger partial charge >= 0.3 is 5.97 Å². The Kier molecular flexibility index (Phi) is 4.11. The van der Waals surface area contributed by atoms with Gasteiger partial charge in [0.05, 0.1) is 0 Å². The second-order valence-corrected chi connectivity index (χ2v) is 4.91. The van der Waals surface area contributed by atoms with E-state index in [1.165, 1.54) is 6.20 Å². The summed E-state index contributed by atoms with van der Waals surface area (Å²) in [6.45, 7) is 0. The molecule has 0 bridgehead atoms. The SMILES string of the molecule is O=C(O)CCc1cnc(-c2cccc(Br)c2)[nH]c1=O. The van der Waals surface area contributed by atoms with Crippen LogP contribution in [0.5, 0.6) is 0 Å². The molecule has 6 heteroatoms. The lowest BCUT2D eigenvalue weighted by atomic mass is 10.1. The second-order valence-electron chi connectivity index (χ2n) is 3.99. The van der Waals surface area contributed by atoms with Crippen LogP contribution in [0, 0.1) is 0 Å². The van der Waals surface area contributed by atoms with Gasteiger partial charge in [0.2, 0.25) is 0 Å². The molecule has 98 valence electrons. The lowest BCUT2D eigenvalue weighted by molar-refractivity contribution is -0.136. The van der Waals surface area contributed by atoms with Crippen molar-refractivity contribution in [2.24, 2.45) is 0 Å². The normalized spacial score (nSPS) is 10.4. The highest BCUT2D eigenvalue weighted by Gasteiger charge is 2.07. The third-order valence-electron chi connectivity index (χ3n) is 2.58. The Balaban J connectivity index is 2.28. The van der Waals surface area contributed by atoms with E-state index in [2.05, 4.69) is 25.9 Å². The van der Waals surface area contributed by atoms with E-state index in [0.717, 1.165) is 10.0 Å². The number of nitrogens with zero attached hydrogens (tertiary/aromatic N) is 1. The van der Waals surface area contributed by atoms with Gasteiger partial charge in [-0.05, 0) is 18.6 Å². The van der Waals surface area contributed by atoms with Crippen molar-refractivity contribution in [3.63, 3.8) is 0 Å². The molecule has 19 heavy (non-hydrogen) atoms. The minimum absolute atomic E-state index is 0.0823. The molecule has 0 saturated heterocycles. The van der Waals surface area contributed by atoms with Gasteiger partial charge in [-0.25, -0.2) is 4.98 Å². The van der Waals surface area contributed by atoms with Crippen molar-refractivity contribution >= 4 is 21.9 Å². The number of aromatic amines is 1. The molecule has 1 aromatic carbocycles. The summed E-state index contributed by atoms with van der Waals surface area (Å²) >= 11 is 3.35. The Morgan fingerprint density at radius 2 is 2.21 bits per heavy atom.